The zero-order valence-electron chi connectivity index (χ0n) is 9.56. The van der Waals surface area contributed by atoms with E-state index in [2.05, 4.69) is 19.2 Å². The van der Waals surface area contributed by atoms with Gasteiger partial charge in [-0.25, -0.2) is 4.79 Å². The Hall–Kier alpha value is -1.71. The average Bonchev–Trinajstić information content (AvgIpc) is 2.25. The largest absolute Gasteiger partial charge is 0.493 e. The summed E-state index contributed by atoms with van der Waals surface area (Å²) < 4.78 is 5.51. The van der Waals surface area contributed by atoms with Crippen LogP contribution in [0.15, 0.2) is 24.3 Å². The van der Waals surface area contributed by atoms with Crippen LogP contribution in [0.1, 0.15) is 19.4 Å². The van der Waals surface area contributed by atoms with Gasteiger partial charge in [-0.2, -0.15) is 0 Å². The molecule has 2 N–H and O–H groups in total. The summed E-state index contributed by atoms with van der Waals surface area (Å²) in [5.41, 5.74) is 0.916. The molecule has 16 heavy (non-hydrogen) atoms. The SMILES string of the molecule is CC(C)COc1ccc(CNC(=O)O)cc1. The van der Waals surface area contributed by atoms with Crippen LogP contribution in [0.5, 0.6) is 5.75 Å². The lowest BCUT2D eigenvalue weighted by Crippen LogP contribution is -2.19. The lowest BCUT2D eigenvalue weighted by Gasteiger charge is -2.09. The fourth-order valence-electron chi connectivity index (χ4n) is 1.14. The highest BCUT2D eigenvalue weighted by atomic mass is 16.5. The number of amides is 1. The second-order valence-electron chi connectivity index (χ2n) is 4.01. The van der Waals surface area contributed by atoms with Crippen molar-refractivity contribution in [2.45, 2.75) is 20.4 Å². The summed E-state index contributed by atoms with van der Waals surface area (Å²) in [6.45, 7) is 5.18. The normalized spacial score (nSPS) is 10.2. The van der Waals surface area contributed by atoms with Crippen LogP contribution in [-0.2, 0) is 6.54 Å². The van der Waals surface area contributed by atoms with Crippen molar-refractivity contribution in [2.75, 3.05) is 6.61 Å². The number of carbonyl (C=O) groups is 1. The Labute approximate surface area is 95.2 Å². The number of ether oxygens (including phenoxy) is 1. The van der Waals surface area contributed by atoms with Crippen LogP contribution in [0.4, 0.5) is 4.79 Å². The molecule has 0 radical (unpaired) electrons. The lowest BCUT2D eigenvalue weighted by molar-refractivity contribution is 0.194. The van der Waals surface area contributed by atoms with E-state index < -0.39 is 6.09 Å². The fourth-order valence-corrected chi connectivity index (χ4v) is 1.14. The molecule has 4 nitrogen and oxygen atoms in total. The predicted molar refractivity (Wildman–Crippen MR) is 61.6 cm³/mol. The molecule has 0 aliphatic heterocycles. The van der Waals surface area contributed by atoms with Crippen LogP contribution >= 0.6 is 0 Å². The van der Waals surface area contributed by atoms with Gasteiger partial charge in [-0.15, -0.1) is 0 Å². The van der Waals surface area contributed by atoms with Crippen LogP contribution in [0, 0.1) is 5.92 Å². The van der Waals surface area contributed by atoms with E-state index in [1.807, 2.05) is 24.3 Å². The molecular formula is C12H17NO3. The molecule has 0 saturated heterocycles. The molecule has 0 spiro atoms. The molecule has 1 amide bonds. The summed E-state index contributed by atoms with van der Waals surface area (Å²) in [5, 5.41) is 10.7. The number of hydrogen-bond acceptors (Lipinski definition) is 2. The molecule has 88 valence electrons. The first kappa shape index (κ1) is 12.4. The van der Waals surface area contributed by atoms with E-state index in [1.165, 1.54) is 0 Å². The second kappa shape index (κ2) is 6.00. The number of hydrogen-bond donors (Lipinski definition) is 2. The van der Waals surface area contributed by atoms with Crippen molar-refractivity contribution in [3.63, 3.8) is 0 Å². The summed E-state index contributed by atoms with van der Waals surface area (Å²) in [5.74, 6) is 1.31. The molecule has 4 heteroatoms. The lowest BCUT2D eigenvalue weighted by atomic mass is 10.2. The third-order valence-electron chi connectivity index (χ3n) is 1.95. The minimum absolute atomic E-state index is 0.319. The molecule has 0 aliphatic carbocycles. The maximum atomic E-state index is 10.3. The Morgan fingerprint density at radius 3 is 2.50 bits per heavy atom. The Morgan fingerprint density at radius 1 is 1.38 bits per heavy atom. The molecule has 0 aromatic heterocycles. The van der Waals surface area contributed by atoms with Gasteiger partial charge < -0.3 is 15.2 Å². The number of carboxylic acid groups (broad SMARTS) is 1. The monoisotopic (exact) mass is 223 g/mol. The number of nitrogens with one attached hydrogen (secondary N) is 1. The summed E-state index contributed by atoms with van der Waals surface area (Å²) >= 11 is 0. The van der Waals surface area contributed by atoms with Crippen molar-refractivity contribution in [3.8, 4) is 5.75 Å². The summed E-state index contributed by atoms with van der Waals surface area (Å²) in [7, 11) is 0. The zero-order chi connectivity index (χ0) is 12.0. The Balaban J connectivity index is 2.44. The van der Waals surface area contributed by atoms with E-state index in [0.717, 1.165) is 11.3 Å². The average molecular weight is 223 g/mol. The van der Waals surface area contributed by atoms with Gasteiger partial charge in [0.15, 0.2) is 0 Å². The van der Waals surface area contributed by atoms with Crippen LogP contribution in [0.25, 0.3) is 0 Å². The van der Waals surface area contributed by atoms with Crippen molar-refractivity contribution in [2.24, 2.45) is 5.92 Å². The molecule has 0 atom stereocenters. The zero-order valence-corrected chi connectivity index (χ0v) is 9.56. The van der Waals surface area contributed by atoms with Crippen molar-refractivity contribution in [3.05, 3.63) is 29.8 Å². The van der Waals surface area contributed by atoms with Gasteiger partial charge in [0.2, 0.25) is 0 Å². The fraction of sp³-hybridized carbons (Fsp3) is 0.417. The molecular weight excluding hydrogens is 206 g/mol. The van der Waals surface area contributed by atoms with Crippen molar-refractivity contribution >= 4 is 6.09 Å². The van der Waals surface area contributed by atoms with E-state index in [0.29, 0.717) is 19.1 Å². The quantitative estimate of drug-likeness (QED) is 0.806. The van der Waals surface area contributed by atoms with Gasteiger partial charge in [0.1, 0.15) is 5.75 Å². The highest BCUT2D eigenvalue weighted by Gasteiger charge is 1.99. The molecule has 0 heterocycles. The third-order valence-corrected chi connectivity index (χ3v) is 1.95. The van der Waals surface area contributed by atoms with E-state index >= 15 is 0 Å². The van der Waals surface area contributed by atoms with Crippen LogP contribution < -0.4 is 10.1 Å². The maximum Gasteiger partial charge on any atom is 0.404 e. The van der Waals surface area contributed by atoms with Gasteiger partial charge >= 0.3 is 6.09 Å². The predicted octanol–water partition coefficient (Wildman–Crippen LogP) is 2.49. The first-order valence-electron chi connectivity index (χ1n) is 5.26. The molecule has 0 aliphatic rings. The van der Waals surface area contributed by atoms with Gasteiger partial charge in [-0.05, 0) is 23.6 Å². The van der Waals surface area contributed by atoms with E-state index in [4.69, 9.17) is 9.84 Å². The first-order valence-corrected chi connectivity index (χ1v) is 5.26. The molecule has 1 aromatic carbocycles. The Morgan fingerprint density at radius 2 is 2.00 bits per heavy atom. The van der Waals surface area contributed by atoms with Gasteiger partial charge in [-0.1, -0.05) is 26.0 Å². The minimum Gasteiger partial charge on any atom is -0.493 e. The molecule has 1 rings (SSSR count). The highest BCUT2D eigenvalue weighted by molar-refractivity contribution is 5.64. The highest BCUT2D eigenvalue weighted by Crippen LogP contribution is 2.13. The van der Waals surface area contributed by atoms with Crippen LogP contribution in [0.2, 0.25) is 0 Å². The maximum absolute atomic E-state index is 10.3. The molecule has 0 bridgehead atoms. The van der Waals surface area contributed by atoms with Gasteiger partial charge in [0.25, 0.3) is 0 Å². The molecule has 0 unspecified atom stereocenters. The van der Waals surface area contributed by atoms with E-state index in [9.17, 15) is 4.79 Å². The van der Waals surface area contributed by atoms with E-state index in [-0.39, 0.29) is 0 Å². The van der Waals surface area contributed by atoms with Gasteiger partial charge in [-0.3, -0.25) is 0 Å². The van der Waals surface area contributed by atoms with Gasteiger partial charge in [0.05, 0.1) is 6.61 Å². The topological polar surface area (TPSA) is 58.6 Å². The van der Waals surface area contributed by atoms with Crippen LogP contribution in [-0.4, -0.2) is 17.8 Å². The first-order chi connectivity index (χ1) is 7.58. The summed E-state index contributed by atoms with van der Waals surface area (Å²) in [6.07, 6.45) is -1.01. The summed E-state index contributed by atoms with van der Waals surface area (Å²) in [6, 6.07) is 7.40. The van der Waals surface area contributed by atoms with Gasteiger partial charge in [0, 0.05) is 6.54 Å². The number of rotatable bonds is 5. The van der Waals surface area contributed by atoms with Crippen molar-refractivity contribution in [1.29, 1.82) is 0 Å². The second-order valence-corrected chi connectivity index (χ2v) is 4.01. The Kier molecular flexibility index (Phi) is 4.64. The summed E-state index contributed by atoms with van der Waals surface area (Å²) in [4.78, 5) is 10.3. The Bertz CT molecular complexity index is 333. The standard InChI is InChI=1S/C12H17NO3/c1-9(2)8-16-11-5-3-10(4-6-11)7-13-12(14)15/h3-6,9,13H,7-8H2,1-2H3,(H,14,15). The molecule has 0 saturated carbocycles. The van der Waals surface area contributed by atoms with Crippen molar-refractivity contribution in [1.82, 2.24) is 5.32 Å². The third kappa shape index (κ3) is 4.68. The van der Waals surface area contributed by atoms with E-state index in [1.54, 1.807) is 0 Å². The molecule has 1 aromatic rings. The number of benzene rings is 1. The van der Waals surface area contributed by atoms with Crippen LogP contribution in [0.3, 0.4) is 0 Å². The minimum atomic E-state index is -1.01. The van der Waals surface area contributed by atoms with Crippen molar-refractivity contribution < 1.29 is 14.6 Å². The smallest absolute Gasteiger partial charge is 0.404 e. The molecule has 0 fully saturated rings.